The van der Waals surface area contributed by atoms with E-state index in [4.69, 9.17) is 0 Å². The van der Waals surface area contributed by atoms with Crippen LogP contribution in [0.4, 0.5) is 17.3 Å². The fraction of sp³-hybridized carbons (Fsp3) is 0.615. The van der Waals surface area contributed by atoms with Crippen LogP contribution < -0.4 is 10.2 Å². The molecule has 0 unspecified atom stereocenters. The van der Waals surface area contributed by atoms with Crippen LogP contribution in [0.1, 0.15) is 20.3 Å². The molecule has 0 spiro atoms. The molecular formula is C13H20N4O2S. The van der Waals surface area contributed by atoms with Gasteiger partial charge in [-0.05, 0) is 12.5 Å². The molecule has 2 rings (SSSR count). The number of thioether (sulfide) groups is 1. The van der Waals surface area contributed by atoms with Gasteiger partial charge in [0.2, 0.25) is 5.82 Å². The number of aromatic nitrogens is 1. The van der Waals surface area contributed by atoms with E-state index in [1.165, 1.54) is 6.07 Å². The largest absolute Gasteiger partial charge is 0.373 e. The molecule has 0 radical (unpaired) electrons. The van der Waals surface area contributed by atoms with E-state index in [-0.39, 0.29) is 15.4 Å². The van der Waals surface area contributed by atoms with Gasteiger partial charge < -0.3 is 10.2 Å². The van der Waals surface area contributed by atoms with Crippen LogP contribution in [0.25, 0.3) is 0 Å². The number of hydrogen-bond acceptors (Lipinski definition) is 6. The fourth-order valence-electron chi connectivity index (χ4n) is 2.19. The number of nitro groups is 1. The minimum Gasteiger partial charge on any atom is -0.373 e. The van der Waals surface area contributed by atoms with Gasteiger partial charge in [-0.1, -0.05) is 13.8 Å². The van der Waals surface area contributed by atoms with Crippen LogP contribution in [0.2, 0.25) is 0 Å². The van der Waals surface area contributed by atoms with Crippen molar-refractivity contribution in [3.05, 3.63) is 22.2 Å². The molecule has 0 atom stereocenters. The standard InChI is InChI=1S/C13H20N4O2S/c1-13(2)6-7-16(8-9-20-13)12-10(17(18)19)4-5-11(14-3)15-12/h4-5H,6-9H2,1-3H3,(H,14,15). The Balaban J connectivity index is 2.32. The molecule has 1 aromatic rings. The zero-order valence-electron chi connectivity index (χ0n) is 12.0. The van der Waals surface area contributed by atoms with Crippen molar-refractivity contribution in [1.82, 2.24) is 4.98 Å². The molecule has 0 aliphatic carbocycles. The molecule has 6 nitrogen and oxygen atoms in total. The van der Waals surface area contributed by atoms with E-state index in [1.807, 2.05) is 16.7 Å². The molecule has 1 N–H and O–H groups in total. The molecule has 0 aromatic carbocycles. The second-order valence-corrected chi connectivity index (χ2v) is 7.19. The Bertz CT molecular complexity index is 507. The monoisotopic (exact) mass is 296 g/mol. The van der Waals surface area contributed by atoms with Gasteiger partial charge in [-0.3, -0.25) is 10.1 Å². The molecule has 20 heavy (non-hydrogen) atoms. The maximum atomic E-state index is 11.2. The summed E-state index contributed by atoms with van der Waals surface area (Å²) in [5, 5.41) is 14.1. The lowest BCUT2D eigenvalue weighted by Gasteiger charge is -2.23. The van der Waals surface area contributed by atoms with Gasteiger partial charge in [-0.15, -0.1) is 0 Å². The van der Waals surface area contributed by atoms with Crippen molar-refractivity contribution in [2.24, 2.45) is 0 Å². The molecule has 7 heteroatoms. The molecule has 1 aliphatic rings. The maximum Gasteiger partial charge on any atom is 0.311 e. The summed E-state index contributed by atoms with van der Waals surface area (Å²) in [6.45, 7) is 6.01. The van der Waals surface area contributed by atoms with E-state index in [0.29, 0.717) is 11.6 Å². The van der Waals surface area contributed by atoms with Gasteiger partial charge in [0.25, 0.3) is 0 Å². The smallest absolute Gasteiger partial charge is 0.311 e. The van der Waals surface area contributed by atoms with Crippen molar-refractivity contribution in [3.8, 4) is 0 Å². The quantitative estimate of drug-likeness (QED) is 0.683. The van der Waals surface area contributed by atoms with E-state index in [0.717, 1.165) is 25.3 Å². The van der Waals surface area contributed by atoms with E-state index >= 15 is 0 Å². The lowest BCUT2D eigenvalue weighted by Crippen LogP contribution is -2.28. The maximum absolute atomic E-state index is 11.2. The highest BCUT2D eigenvalue weighted by Gasteiger charge is 2.28. The summed E-state index contributed by atoms with van der Waals surface area (Å²) in [6.07, 6.45) is 0.986. The van der Waals surface area contributed by atoms with E-state index in [9.17, 15) is 10.1 Å². The average Bonchev–Trinajstić information content (AvgIpc) is 2.58. The van der Waals surface area contributed by atoms with Gasteiger partial charge in [-0.25, -0.2) is 4.98 Å². The minimum atomic E-state index is -0.356. The third-order valence-electron chi connectivity index (χ3n) is 3.44. The van der Waals surface area contributed by atoms with Crippen LogP contribution in [0.15, 0.2) is 12.1 Å². The first kappa shape index (κ1) is 14.9. The van der Waals surface area contributed by atoms with E-state index < -0.39 is 0 Å². The summed E-state index contributed by atoms with van der Waals surface area (Å²) in [6, 6.07) is 3.16. The lowest BCUT2D eigenvalue weighted by atomic mass is 10.1. The lowest BCUT2D eigenvalue weighted by molar-refractivity contribution is -0.384. The van der Waals surface area contributed by atoms with Crippen LogP contribution in [-0.4, -0.2) is 40.5 Å². The van der Waals surface area contributed by atoms with Gasteiger partial charge in [0, 0.05) is 36.7 Å². The summed E-state index contributed by atoms with van der Waals surface area (Å²) in [5.41, 5.74) is 0.0775. The van der Waals surface area contributed by atoms with Crippen molar-refractivity contribution < 1.29 is 4.92 Å². The van der Waals surface area contributed by atoms with Crippen molar-refractivity contribution in [1.29, 1.82) is 0 Å². The van der Waals surface area contributed by atoms with Crippen molar-refractivity contribution >= 4 is 29.1 Å². The summed E-state index contributed by atoms with van der Waals surface area (Å²) in [5.74, 6) is 2.08. The SMILES string of the molecule is CNc1ccc([N+](=O)[O-])c(N2CCSC(C)(C)CC2)n1. The highest BCUT2D eigenvalue weighted by Crippen LogP contribution is 2.34. The zero-order chi connectivity index (χ0) is 14.8. The molecule has 1 aromatic heterocycles. The first-order valence-corrected chi connectivity index (χ1v) is 7.63. The number of nitrogens with one attached hydrogen (secondary N) is 1. The zero-order valence-corrected chi connectivity index (χ0v) is 12.9. The normalized spacial score (nSPS) is 18.4. The van der Waals surface area contributed by atoms with Crippen molar-refractivity contribution in [3.63, 3.8) is 0 Å². The second kappa shape index (κ2) is 5.87. The molecule has 1 aliphatic heterocycles. The third kappa shape index (κ3) is 3.33. The Morgan fingerprint density at radius 1 is 1.45 bits per heavy atom. The first-order chi connectivity index (χ1) is 9.43. The van der Waals surface area contributed by atoms with Crippen LogP contribution in [0.5, 0.6) is 0 Å². The molecule has 0 saturated carbocycles. The number of nitrogens with zero attached hydrogens (tertiary/aromatic N) is 3. The molecule has 0 amide bonds. The fourth-order valence-corrected chi connectivity index (χ4v) is 3.29. The Morgan fingerprint density at radius 3 is 2.85 bits per heavy atom. The van der Waals surface area contributed by atoms with E-state index in [2.05, 4.69) is 24.1 Å². The van der Waals surface area contributed by atoms with E-state index in [1.54, 1.807) is 13.1 Å². The Hall–Kier alpha value is -1.50. The average molecular weight is 296 g/mol. The van der Waals surface area contributed by atoms with Gasteiger partial charge in [0.05, 0.1) is 4.92 Å². The Labute approximate surface area is 123 Å². The number of pyridine rings is 1. The molecular weight excluding hydrogens is 276 g/mol. The Kier molecular flexibility index (Phi) is 4.37. The van der Waals surface area contributed by atoms with Crippen LogP contribution in [0.3, 0.4) is 0 Å². The Morgan fingerprint density at radius 2 is 2.20 bits per heavy atom. The van der Waals surface area contributed by atoms with Crippen molar-refractivity contribution in [2.75, 3.05) is 36.1 Å². The van der Waals surface area contributed by atoms with Crippen LogP contribution >= 0.6 is 11.8 Å². The summed E-state index contributed by atoms with van der Waals surface area (Å²) in [7, 11) is 1.76. The van der Waals surface area contributed by atoms with Crippen LogP contribution in [-0.2, 0) is 0 Å². The summed E-state index contributed by atoms with van der Waals surface area (Å²) >= 11 is 1.91. The number of rotatable bonds is 3. The van der Waals surface area contributed by atoms with Gasteiger partial charge in [-0.2, -0.15) is 11.8 Å². The summed E-state index contributed by atoms with van der Waals surface area (Å²) < 4.78 is 0.212. The van der Waals surface area contributed by atoms with Crippen LogP contribution in [0, 0.1) is 10.1 Å². The third-order valence-corrected chi connectivity index (χ3v) is 4.82. The van der Waals surface area contributed by atoms with Gasteiger partial charge >= 0.3 is 5.69 Å². The van der Waals surface area contributed by atoms with Gasteiger partial charge in [0.15, 0.2) is 0 Å². The molecule has 1 fully saturated rings. The first-order valence-electron chi connectivity index (χ1n) is 6.65. The topological polar surface area (TPSA) is 71.3 Å². The predicted octanol–water partition coefficient (Wildman–Crippen LogP) is 2.75. The minimum absolute atomic E-state index is 0.0775. The second-order valence-electron chi connectivity index (χ2n) is 5.39. The number of hydrogen-bond donors (Lipinski definition) is 1. The highest BCUT2D eigenvalue weighted by atomic mass is 32.2. The van der Waals surface area contributed by atoms with Crippen molar-refractivity contribution in [2.45, 2.75) is 25.0 Å². The summed E-state index contributed by atoms with van der Waals surface area (Å²) in [4.78, 5) is 17.3. The van der Waals surface area contributed by atoms with Gasteiger partial charge in [0.1, 0.15) is 5.82 Å². The molecule has 1 saturated heterocycles. The predicted molar refractivity (Wildman–Crippen MR) is 83.8 cm³/mol. The highest BCUT2D eigenvalue weighted by molar-refractivity contribution is 8.00. The molecule has 2 heterocycles. The molecule has 110 valence electrons. The molecule has 0 bridgehead atoms. The number of anilines is 2.